The van der Waals surface area contributed by atoms with E-state index in [-0.39, 0.29) is 5.91 Å². The number of carbonyl (C=O) groups is 1. The molecule has 82 valence electrons. The Balaban J connectivity index is 1.96. The van der Waals surface area contributed by atoms with Crippen LogP contribution in [0.15, 0.2) is 0 Å². The molecule has 0 aliphatic carbocycles. The van der Waals surface area contributed by atoms with Gasteiger partial charge in [-0.3, -0.25) is 4.79 Å². The summed E-state index contributed by atoms with van der Waals surface area (Å²) < 4.78 is 0. The zero-order valence-corrected chi connectivity index (χ0v) is 9.90. The van der Waals surface area contributed by atoms with E-state index < -0.39 is 0 Å². The summed E-state index contributed by atoms with van der Waals surface area (Å²) in [5, 5.41) is 4.13. The SMILES string of the molecule is CN(C)C(=O)CCNCC1CCCS1. The second-order valence-corrected chi connectivity index (χ2v) is 5.29. The molecule has 0 spiro atoms. The molecule has 0 aromatic heterocycles. The molecule has 0 bridgehead atoms. The van der Waals surface area contributed by atoms with E-state index in [1.165, 1.54) is 18.6 Å². The lowest BCUT2D eigenvalue weighted by Gasteiger charge is -2.12. The molecule has 1 atom stereocenters. The van der Waals surface area contributed by atoms with Crippen molar-refractivity contribution in [3.63, 3.8) is 0 Å². The summed E-state index contributed by atoms with van der Waals surface area (Å²) in [6, 6.07) is 0. The Morgan fingerprint density at radius 2 is 2.36 bits per heavy atom. The quantitative estimate of drug-likeness (QED) is 0.695. The average Bonchev–Trinajstić information content (AvgIpc) is 2.64. The minimum atomic E-state index is 0.205. The fraction of sp³-hybridized carbons (Fsp3) is 0.900. The highest BCUT2D eigenvalue weighted by Crippen LogP contribution is 2.25. The maximum atomic E-state index is 11.2. The maximum absolute atomic E-state index is 11.2. The number of rotatable bonds is 5. The van der Waals surface area contributed by atoms with Crippen LogP contribution in [0.3, 0.4) is 0 Å². The summed E-state index contributed by atoms with van der Waals surface area (Å²) in [5.41, 5.74) is 0. The standard InChI is InChI=1S/C10H20N2OS/c1-12(2)10(13)5-6-11-8-9-4-3-7-14-9/h9,11H,3-8H2,1-2H3. The topological polar surface area (TPSA) is 32.3 Å². The molecule has 1 N–H and O–H groups in total. The molecule has 1 fully saturated rings. The fourth-order valence-electron chi connectivity index (χ4n) is 1.49. The smallest absolute Gasteiger partial charge is 0.223 e. The second-order valence-electron chi connectivity index (χ2n) is 3.88. The first-order valence-corrected chi connectivity index (χ1v) is 6.27. The van der Waals surface area contributed by atoms with Crippen LogP contribution in [0.2, 0.25) is 0 Å². The van der Waals surface area contributed by atoms with E-state index in [0.29, 0.717) is 6.42 Å². The number of thioether (sulfide) groups is 1. The van der Waals surface area contributed by atoms with Gasteiger partial charge in [-0.2, -0.15) is 11.8 Å². The summed E-state index contributed by atoms with van der Waals surface area (Å²) >= 11 is 2.05. The molecule has 1 aliphatic heterocycles. The van der Waals surface area contributed by atoms with Gasteiger partial charge in [0.05, 0.1) is 0 Å². The van der Waals surface area contributed by atoms with E-state index in [4.69, 9.17) is 0 Å². The van der Waals surface area contributed by atoms with Crippen molar-refractivity contribution >= 4 is 17.7 Å². The fourth-order valence-corrected chi connectivity index (χ4v) is 2.72. The minimum Gasteiger partial charge on any atom is -0.349 e. The van der Waals surface area contributed by atoms with Crippen LogP contribution in [0.4, 0.5) is 0 Å². The Morgan fingerprint density at radius 3 is 2.93 bits per heavy atom. The predicted octanol–water partition coefficient (Wildman–Crippen LogP) is 0.950. The van der Waals surface area contributed by atoms with E-state index >= 15 is 0 Å². The Hall–Kier alpha value is -0.220. The van der Waals surface area contributed by atoms with Crippen LogP contribution in [0.5, 0.6) is 0 Å². The summed E-state index contributed by atoms with van der Waals surface area (Å²) in [6.45, 7) is 1.87. The monoisotopic (exact) mass is 216 g/mol. The highest BCUT2D eigenvalue weighted by molar-refractivity contribution is 8.00. The molecule has 3 nitrogen and oxygen atoms in total. The molecule has 0 radical (unpaired) electrons. The van der Waals surface area contributed by atoms with Crippen LogP contribution in [0.1, 0.15) is 19.3 Å². The predicted molar refractivity (Wildman–Crippen MR) is 61.7 cm³/mol. The van der Waals surface area contributed by atoms with Gasteiger partial charge in [-0.25, -0.2) is 0 Å². The van der Waals surface area contributed by atoms with Gasteiger partial charge in [0.25, 0.3) is 0 Å². The van der Waals surface area contributed by atoms with Crippen LogP contribution in [-0.2, 0) is 4.79 Å². The van der Waals surface area contributed by atoms with E-state index in [1.54, 1.807) is 19.0 Å². The van der Waals surface area contributed by atoms with E-state index in [0.717, 1.165) is 18.3 Å². The maximum Gasteiger partial charge on any atom is 0.223 e. The number of hydrogen-bond acceptors (Lipinski definition) is 3. The lowest BCUT2D eigenvalue weighted by molar-refractivity contribution is -0.128. The van der Waals surface area contributed by atoms with E-state index in [9.17, 15) is 4.79 Å². The molecule has 1 heterocycles. The molecular weight excluding hydrogens is 196 g/mol. The molecule has 1 saturated heterocycles. The van der Waals surface area contributed by atoms with Crippen molar-refractivity contribution in [1.29, 1.82) is 0 Å². The molecular formula is C10H20N2OS. The van der Waals surface area contributed by atoms with Crippen molar-refractivity contribution < 1.29 is 4.79 Å². The van der Waals surface area contributed by atoms with Crippen LogP contribution in [0.25, 0.3) is 0 Å². The third-order valence-corrected chi connectivity index (χ3v) is 3.81. The molecule has 1 unspecified atom stereocenters. The normalized spacial score (nSPS) is 21.1. The molecule has 1 rings (SSSR count). The molecule has 0 aromatic rings. The van der Waals surface area contributed by atoms with Gasteiger partial charge in [0.15, 0.2) is 0 Å². The van der Waals surface area contributed by atoms with Gasteiger partial charge in [-0.05, 0) is 18.6 Å². The van der Waals surface area contributed by atoms with Crippen LogP contribution in [0, 0.1) is 0 Å². The average molecular weight is 216 g/mol. The first kappa shape index (κ1) is 11.9. The molecule has 14 heavy (non-hydrogen) atoms. The van der Waals surface area contributed by atoms with Gasteiger partial charge in [0.1, 0.15) is 0 Å². The highest BCUT2D eigenvalue weighted by Gasteiger charge is 2.14. The summed E-state index contributed by atoms with van der Waals surface area (Å²) in [6.07, 6.45) is 3.30. The molecule has 1 amide bonds. The highest BCUT2D eigenvalue weighted by atomic mass is 32.2. The van der Waals surface area contributed by atoms with Gasteiger partial charge in [-0.15, -0.1) is 0 Å². The molecule has 0 aromatic carbocycles. The zero-order valence-electron chi connectivity index (χ0n) is 9.08. The Labute approximate surface area is 90.6 Å². The number of hydrogen-bond donors (Lipinski definition) is 1. The van der Waals surface area contributed by atoms with Crippen LogP contribution < -0.4 is 5.32 Å². The summed E-state index contributed by atoms with van der Waals surface area (Å²) in [5.74, 6) is 1.51. The first-order valence-electron chi connectivity index (χ1n) is 5.22. The lowest BCUT2D eigenvalue weighted by atomic mass is 10.2. The van der Waals surface area contributed by atoms with Gasteiger partial charge in [-0.1, -0.05) is 0 Å². The van der Waals surface area contributed by atoms with Crippen molar-refractivity contribution in [2.75, 3.05) is 32.9 Å². The van der Waals surface area contributed by atoms with E-state index in [1.807, 2.05) is 11.8 Å². The van der Waals surface area contributed by atoms with Crippen molar-refractivity contribution in [3.8, 4) is 0 Å². The molecule has 4 heteroatoms. The molecule has 0 saturated carbocycles. The Kier molecular flexibility index (Phi) is 5.33. The van der Waals surface area contributed by atoms with Gasteiger partial charge < -0.3 is 10.2 Å². The largest absolute Gasteiger partial charge is 0.349 e. The summed E-state index contributed by atoms with van der Waals surface area (Å²) in [4.78, 5) is 12.9. The Morgan fingerprint density at radius 1 is 1.57 bits per heavy atom. The third kappa shape index (κ3) is 4.33. The number of carbonyl (C=O) groups excluding carboxylic acids is 1. The summed E-state index contributed by atoms with van der Waals surface area (Å²) in [7, 11) is 3.60. The number of nitrogens with one attached hydrogen (secondary N) is 1. The number of amides is 1. The van der Waals surface area contributed by atoms with Gasteiger partial charge >= 0.3 is 0 Å². The molecule has 1 aliphatic rings. The zero-order chi connectivity index (χ0) is 10.4. The van der Waals surface area contributed by atoms with E-state index in [2.05, 4.69) is 5.32 Å². The van der Waals surface area contributed by atoms with Crippen molar-refractivity contribution in [2.45, 2.75) is 24.5 Å². The third-order valence-electron chi connectivity index (χ3n) is 2.41. The van der Waals surface area contributed by atoms with Crippen molar-refractivity contribution in [1.82, 2.24) is 10.2 Å². The van der Waals surface area contributed by atoms with Gasteiger partial charge in [0.2, 0.25) is 5.91 Å². The van der Waals surface area contributed by atoms with Crippen LogP contribution in [-0.4, -0.2) is 49.0 Å². The second kappa shape index (κ2) is 6.30. The van der Waals surface area contributed by atoms with Crippen LogP contribution >= 0.6 is 11.8 Å². The van der Waals surface area contributed by atoms with Gasteiger partial charge in [0, 0.05) is 38.9 Å². The number of nitrogens with zero attached hydrogens (tertiary/aromatic N) is 1. The van der Waals surface area contributed by atoms with Crippen molar-refractivity contribution in [2.24, 2.45) is 0 Å². The lowest BCUT2D eigenvalue weighted by Crippen LogP contribution is -2.29. The van der Waals surface area contributed by atoms with Crippen molar-refractivity contribution in [3.05, 3.63) is 0 Å². The first-order chi connectivity index (χ1) is 6.70. The minimum absolute atomic E-state index is 0.205. The Bertz CT molecular complexity index is 179.